The quantitative estimate of drug-likeness (QED) is 0.0722. The Labute approximate surface area is 261 Å². The van der Waals surface area contributed by atoms with E-state index in [0.717, 1.165) is 57.1 Å². The number of phenols is 1. The molecule has 1 amide bonds. The van der Waals surface area contributed by atoms with Gasteiger partial charge in [-0.05, 0) is 48.7 Å². The van der Waals surface area contributed by atoms with Crippen molar-refractivity contribution in [2.24, 2.45) is 0 Å². The summed E-state index contributed by atoms with van der Waals surface area (Å²) in [6, 6.07) is 20.3. The lowest BCUT2D eigenvalue weighted by Gasteiger charge is -2.20. The summed E-state index contributed by atoms with van der Waals surface area (Å²) >= 11 is 6.66. The van der Waals surface area contributed by atoms with Crippen LogP contribution in [0.1, 0.15) is 73.8 Å². The molecule has 1 aromatic heterocycles. The van der Waals surface area contributed by atoms with E-state index in [4.69, 9.17) is 16.3 Å². The Kier molecular flexibility index (Phi) is 12.5. The van der Waals surface area contributed by atoms with Crippen LogP contribution in [0.2, 0.25) is 5.02 Å². The molecule has 10 heteroatoms. The molecule has 0 saturated heterocycles. The van der Waals surface area contributed by atoms with Crippen molar-refractivity contribution >= 4 is 28.6 Å². The number of carboxylic acid groups (broad SMARTS) is 1. The number of halogens is 1. The predicted molar refractivity (Wildman–Crippen MR) is 173 cm³/mol. The molecule has 4 aromatic rings. The van der Waals surface area contributed by atoms with Crippen LogP contribution in [0.4, 0.5) is 4.79 Å². The molecule has 0 aliphatic heterocycles. The number of fused-ring (bicyclic) bond motifs is 1. The first-order chi connectivity index (χ1) is 21.3. The standard InChI is InChI=1S/C34H40ClN3O6/c35-31-26(32(38-34(42)43)23-12-7-6-8-13-23)14-11-15-29(31)44-21-10-5-3-1-2-4-9-20-36-22-28(40)24-16-18-27(39)33-25(24)17-19-30(41)37-33/h6-8,11-19,28,32,36,38-40H,1-5,9-10,20-22H2,(H,37,41)(H,42,43). The lowest BCUT2D eigenvalue weighted by molar-refractivity contribution is 0.176. The van der Waals surface area contributed by atoms with Gasteiger partial charge in [0, 0.05) is 23.6 Å². The summed E-state index contributed by atoms with van der Waals surface area (Å²) in [5.74, 6) is 0.525. The molecule has 9 nitrogen and oxygen atoms in total. The zero-order chi connectivity index (χ0) is 31.3. The van der Waals surface area contributed by atoms with Gasteiger partial charge < -0.3 is 35.7 Å². The molecule has 0 saturated carbocycles. The van der Waals surface area contributed by atoms with E-state index in [1.54, 1.807) is 18.2 Å². The molecule has 0 aliphatic rings. The van der Waals surface area contributed by atoms with Gasteiger partial charge in [-0.2, -0.15) is 0 Å². The third kappa shape index (κ3) is 9.22. The Morgan fingerprint density at radius 3 is 2.34 bits per heavy atom. The highest BCUT2D eigenvalue weighted by atomic mass is 35.5. The Morgan fingerprint density at radius 1 is 0.864 bits per heavy atom. The number of hydrogen-bond donors (Lipinski definition) is 6. The molecule has 0 fully saturated rings. The van der Waals surface area contributed by atoms with Crippen molar-refractivity contribution in [2.75, 3.05) is 19.7 Å². The number of H-pyrrole nitrogens is 1. The first-order valence-corrected chi connectivity index (χ1v) is 15.4. The van der Waals surface area contributed by atoms with E-state index in [2.05, 4.69) is 15.6 Å². The summed E-state index contributed by atoms with van der Waals surface area (Å²) in [5.41, 5.74) is 2.13. The van der Waals surface area contributed by atoms with Crippen LogP contribution < -0.4 is 20.9 Å². The minimum absolute atomic E-state index is 0.0201. The monoisotopic (exact) mass is 621 g/mol. The first kappa shape index (κ1) is 32.9. The number of aromatic hydroxyl groups is 1. The number of carbonyl (C=O) groups is 1. The van der Waals surface area contributed by atoms with Crippen molar-refractivity contribution in [3.63, 3.8) is 0 Å². The Bertz CT molecular complexity index is 1560. The number of rotatable bonds is 17. The third-order valence-electron chi connectivity index (χ3n) is 7.56. The number of aliphatic hydroxyl groups is 1. The second kappa shape index (κ2) is 16.7. The van der Waals surface area contributed by atoms with Crippen molar-refractivity contribution < 1.29 is 24.9 Å². The van der Waals surface area contributed by atoms with Gasteiger partial charge in [0.05, 0.1) is 29.3 Å². The van der Waals surface area contributed by atoms with Crippen molar-refractivity contribution in [1.29, 1.82) is 0 Å². The van der Waals surface area contributed by atoms with E-state index in [1.165, 1.54) is 12.1 Å². The molecule has 2 atom stereocenters. The summed E-state index contributed by atoms with van der Waals surface area (Å²) in [6.07, 6.45) is 5.54. The topological polar surface area (TPSA) is 144 Å². The van der Waals surface area contributed by atoms with Gasteiger partial charge >= 0.3 is 6.09 Å². The summed E-state index contributed by atoms with van der Waals surface area (Å²) in [7, 11) is 0. The van der Waals surface area contributed by atoms with Gasteiger partial charge in [0.25, 0.3) is 0 Å². The molecule has 0 spiro atoms. The molecule has 3 aromatic carbocycles. The second-order valence-corrected chi connectivity index (χ2v) is 11.2. The summed E-state index contributed by atoms with van der Waals surface area (Å²) in [6.45, 7) is 1.71. The molecule has 0 radical (unpaired) electrons. The van der Waals surface area contributed by atoms with Crippen LogP contribution in [0.15, 0.2) is 77.6 Å². The van der Waals surface area contributed by atoms with E-state index < -0.39 is 18.2 Å². The lowest BCUT2D eigenvalue weighted by atomic mass is 9.98. The SMILES string of the molecule is O=C(O)NC(c1ccccc1)c1cccc(OCCCCCCCCCNCC(O)c2ccc(O)c3[nH]c(=O)ccc23)c1Cl. The Balaban J connectivity index is 1.10. The van der Waals surface area contributed by atoms with Gasteiger partial charge in [-0.1, -0.05) is 92.2 Å². The number of pyridine rings is 1. The fourth-order valence-corrected chi connectivity index (χ4v) is 5.58. The maximum atomic E-state index is 11.6. The Hall–Kier alpha value is -4.05. The fourth-order valence-electron chi connectivity index (χ4n) is 5.29. The van der Waals surface area contributed by atoms with Gasteiger partial charge in [0.2, 0.25) is 5.56 Å². The van der Waals surface area contributed by atoms with Gasteiger partial charge in [0.1, 0.15) is 11.5 Å². The Morgan fingerprint density at radius 2 is 1.59 bits per heavy atom. The van der Waals surface area contributed by atoms with E-state index in [9.17, 15) is 24.9 Å². The minimum Gasteiger partial charge on any atom is -0.506 e. The molecule has 4 rings (SSSR count). The van der Waals surface area contributed by atoms with E-state index in [0.29, 0.717) is 46.0 Å². The molecule has 1 heterocycles. The summed E-state index contributed by atoms with van der Waals surface area (Å²) < 4.78 is 5.96. The number of aromatic amines is 1. The van der Waals surface area contributed by atoms with Gasteiger partial charge in [-0.15, -0.1) is 0 Å². The highest BCUT2D eigenvalue weighted by Crippen LogP contribution is 2.35. The summed E-state index contributed by atoms with van der Waals surface area (Å²) in [5, 5.41) is 36.9. The van der Waals surface area contributed by atoms with Crippen LogP contribution in [0.3, 0.4) is 0 Å². The smallest absolute Gasteiger partial charge is 0.405 e. The van der Waals surface area contributed by atoms with Crippen molar-refractivity contribution in [3.05, 3.63) is 105 Å². The molecular weight excluding hydrogens is 582 g/mol. The van der Waals surface area contributed by atoms with Gasteiger partial charge in [0.15, 0.2) is 0 Å². The molecule has 0 bridgehead atoms. The molecule has 234 valence electrons. The number of aliphatic hydroxyl groups excluding tert-OH is 1. The molecule has 0 aliphatic carbocycles. The highest BCUT2D eigenvalue weighted by Gasteiger charge is 2.21. The predicted octanol–water partition coefficient (Wildman–Crippen LogP) is 6.68. The number of phenolic OH excluding ortho intramolecular Hbond substituents is 1. The van der Waals surface area contributed by atoms with E-state index >= 15 is 0 Å². The zero-order valence-electron chi connectivity index (χ0n) is 24.6. The zero-order valence-corrected chi connectivity index (χ0v) is 25.4. The van der Waals surface area contributed by atoms with Crippen LogP contribution >= 0.6 is 11.6 Å². The molecule has 44 heavy (non-hydrogen) atoms. The highest BCUT2D eigenvalue weighted by molar-refractivity contribution is 6.33. The number of amides is 1. The fraction of sp³-hybridized carbons (Fsp3) is 0.353. The van der Waals surface area contributed by atoms with Crippen molar-refractivity contribution in [1.82, 2.24) is 15.6 Å². The molecular formula is C34H40ClN3O6. The first-order valence-electron chi connectivity index (χ1n) is 15.0. The van der Waals surface area contributed by atoms with E-state index in [1.807, 2.05) is 42.5 Å². The summed E-state index contributed by atoms with van der Waals surface area (Å²) in [4.78, 5) is 25.7. The second-order valence-electron chi connectivity index (χ2n) is 10.8. The largest absolute Gasteiger partial charge is 0.506 e. The maximum Gasteiger partial charge on any atom is 0.405 e. The van der Waals surface area contributed by atoms with Crippen molar-refractivity contribution in [3.8, 4) is 11.5 Å². The lowest BCUT2D eigenvalue weighted by Crippen LogP contribution is -2.27. The number of nitrogens with one attached hydrogen (secondary N) is 3. The van der Waals surface area contributed by atoms with Crippen LogP contribution in [0, 0.1) is 0 Å². The molecule has 6 N–H and O–H groups in total. The van der Waals surface area contributed by atoms with Crippen molar-refractivity contribution in [2.45, 2.75) is 57.1 Å². The van der Waals surface area contributed by atoms with E-state index in [-0.39, 0.29) is 11.3 Å². The normalized spacial score (nSPS) is 12.6. The van der Waals surface area contributed by atoms with Crippen LogP contribution in [-0.2, 0) is 0 Å². The average molecular weight is 622 g/mol. The molecule has 2 unspecified atom stereocenters. The number of hydrogen-bond acceptors (Lipinski definition) is 6. The van der Waals surface area contributed by atoms with Crippen LogP contribution in [0.5, 0.6) is 11.5 Å². The van der Waals surface area contributed by atoms with Crippen LogP contribution in [0.25, 0.3) is 10.9 Å². The maximum absolute atomic E-state index is 11.6. The number of unbranched alkanes of at least 4 members (excludes halogenated alkanes) is 6. The average Bonchev–Trinajstić information content (AvgIpc) is 3.02. The number of benzene rings is 3. The minimum atomic E-state index is -1.13. The van der Waals surface area contributed by atoms with Crippen LogP contribution in [-0.4, -0.2) is 46.1 Å². The van der Waals surface area contributed by atoms with Gasteiger partial charge in [-0.25, -0.2) is 4.79 Å². The third-order valence-corrected chi connectivity index (χ3v) is 7.97. The van der Waals surface area contributed by atoms with Gasteiger partial charge in [-0.3, -0.25) is 4.79 Å². The number of aromatic nitrogens is 1. The number of ether oxygens (including phenoxy) is 1.